The molecule has 1 heterocycles. The van der Waals surface area contributed by atoms with E-state index in [4.69, 9.17) is 10.5 Å². The summed E-state index contributed by atoms with van der Waals surface area (Å²) in [6.45, 7) is 5.15. The highest BCUT2D eigenvalue weighted by Crippen LogP contribution is 2.26. The zero-order chi connectivity index (χ0) is 12.3. The number of nitrogens with two attached hydrogens (primary N) is 1. The molecule has 0 radical (unpaired) electrons. The van der Waals surface area contributed by atoms with Gasteiger partial charge in [0, 0.05) is 12.1 Å². The quantitative estimate of drug-likeness (QED) is 0.848. The van der Waals surface area contributed by atoms with Crippen molar-refractivity contribution in [1.82, 2.24) is 9.97 Å². The van der Waals surface area contributed by atoms with Gasteiger partial charge in [-0.05, 0) is 37.6 Å². The van der Waals surface area contributed by atoms with Crippen molar-refractivity contribution in [3.63, 3.8) is 0 Å². The second-order valence-corrected chi connectivity index (χ2v) is 3.85. The molecular weight excluding hydrogens is 214 g/mol. The smallest absolute Gasteiger partial charge is 0.122 e. The van der Waals surface area contributed by atoms with E-state index < -0.39 is 0 Å². The fourth-order valence-corrected chi connectivity index (χ4v) is 1.84. The lowest BCUT2D eigenvalue weighted by Crippen LogP contribution is -1.99. The minimum Gasteiger partial charge on any atom is -0.494 e. The Morgan fingerprint density at radius 3 is 2.88 bits per heavy atom. The first-order valence-electron chi connectivity index (χ1n) is 5.72. The predicted molar refractivity (Wildman–Crippen MR) is 67.8 cm³/mol. The molecule has 3 N–H and O–H groups in total. The van der Waals surface area contributed by atoms with Crippen LogP contribution in [0.15, 0.2) is 24.5 Å². The highest BCUT2D eigenvalue weighted by molar-refractivity contribution is 5.64. The standard InChI is InChI=1S/C13H17N3O/c1-3-17-12-5-4-10(6-9(12)2)13-11(7-14)15-8-16-13/h4-6,8H,3,7,14H2,1-2H3,(H,15,16). The lowest BCUT2D eigenvalue weighted by molar-refractivity contribution is 0.338. The minimum atomic E-state index is 0.460. The van der Waals surface area contributed by atoms with E-state index >= 15 is 0 Å². The number of nitrogens with one attached hydrogen (secondary N) is 1. The molecule has 2 aromatic rings. The maximum absolute atomic E-state index is 5.65. The van der Waals surface area contributed by atoms with Crippen molar-refractivity contribution < 1.29 is 4.74 Å². The average Bonchev–Trinajstić information content (AvgIpc) is 2.80. The first kappa shape index (κ1) is 11.7. The third-order valence-electron chi connectivity index (χ3n) is 2.67. The van der Waals surface area contributed by atoms with Crippen LogP contribution in [0.25, 0.3) is 11.3 Å². The predicted octanol–water partition coefficient (Wildman–Crippen LogP) is 2.24. The van der Waals surface area contributed by atoms with Crippen molar-refractivity contribution >= 4 is 0 Å². The summed E-state index contributed by atoms with van der Waals surface area (Å²) in [5.74, 6) is 0.918. The van der Waals surface area contributed by atoms with Crippen LogP contribution >= 0.6 is 0 Å². The van der Waals surface area contributed by atoms with Crippen LogP contribution in [-0.2, 0) is 6.54 Å². The van der Waals surface area contributed by atoms with Gasteiger partial charge in [-0.1, -0.05) is 0 Å². The highest BCUT2D eigenvalue weighted by Gasteiger charge is 2.08. The molecule has 17 heavy (non-hydrogen) atoms. The second kappa shape index (κ2) is 5.01. The normalized spacial score (nSPS) is 10.5. The Morgan fingerprint density at radius 2 is 2.24 bits per heavy atom. The van der Waals surface area contributed by atoms with Crippen LogP contribution in [0.5, 0.6) is 5.75 Å². The van der Waals surface area contributed by atoms with E-state index in [1.54, 1.807) is 6.33 Å². The number of imidazole rings is 1. The molecule has 0 amide bonds. The van der Waals surface area contributed by atoms with Crippen LogP contribution in [0, 0.1) is 6.92 Å². The Hall–Kier alpha value is -1.81. The van der Waals surface area contributed by atoms with Crippen molar-refractivity contribution in [3.05, 3.63) is 35.8 Å². The summed E-state index contributed by atoms with van der Waals surface area (Å²) >= 11 is 0. The van der Waals surface area contributed by atoms with Gasteiger partial charge < -0.3 is 15.5 Å². The number of aromatic nitrogens is 2. The molecular formula is C13H17N3O. The van der Waals surface area contributed by atoms with Gasteiger partial charge in [-0.2, -0.15) is 0 Å². The van der Waals surface area contributed by atoms with Crippen LogP contribution in [-0.4, -0.2) is 16.6 Å². The topological polar surface area (TPSA) is 63.9 Å². The summed E-state index contributed by atoms with van der Waals surface area (Å²) in [6, 6.07) is 6.05. The van der Waals surface area contributed by atoms with Crippen molar-refractivity contribution in [2.24, 2.45) is 5.73 Å². The van der Waals surface area contributed by atoms with E-state index in [1.165, 1.54) is 0 Å². The molecule has 0 aliphatic heterocycles. The highest BCUT2D eigenvalue weighted by atomic mass is 16.5. The molecule has 0 bridgehead atoms. The Morgan fingerprint density at radius 1 is 1.41 bits per heavy atom. The fourth-order valence-electron chi connectivity index (χ4n) is 1.84. The third-order valence-corrected chi connectivity index (χ3v) is 2.67. The van der Waals surface area contributed by atoms with E-state index in [2.05, 4.69) is 16.0 Å². The number of H-pyrrole nitrogens is 1. The number of benzene rings is 1. The Bertz CT molecular complexity index is 505. The second-order valence-electron chi connectivity index (χ2n) is 3.85. The van der Waals surface area contributed by atoms with Crippen LogP contribution in [0.3, 0.4) is 0 Å². The van der Waals surface area contributed by atoms with Gasteiger partial charge in [0.1, 0.15) is 5.75 Å². The first-order chi connectivity index (χ1) is 8.26. The molecule has 0 atom stereocenters. The molecule has 0 spiro atoms. The van der Waals surface area contributed by atoms with Crippen molar-refractivity contribution in [2.75, 3.05) is 6.61 Å². The van der Waals surface area contributed by atoms with Gasteiger partial charge in [0.05, 0.1) is 24.3 Å². The molecule has 4 heteroatoms. The fraction of sp³-hybridized carbons (Fsp3) is 0.308. The molecule has 0 aliphatic carbocycles. The zero-order valence-electron chi connectivity index (χ0n) is 10.2. The molecule has 1 aromatic carbocycles. The largest absolute Gasteiger partial charge is 0.494 e. The number of ether oxygens (including phenoxy) is 1. The third kappa shape index (κ3) is 2.31. The number of aryl methyl sites for hydroxylation is 1. The lowest BCUT2D eigenvalue weighted by atomic mass is 10.1. The van der Waals surface area contributed by atoms with Gasteiger partial charge in [-0.3, -0.25) is 0 Å². The molecule has 0 unspecified atom stereocenters. The minimum absolute atomic E-state index is 0.460. The lowest BCUT2D eigenvalue weighted by Gasteiger charge is -2.08. The molecule has 0 saturated carbocycles. The van der Waals surface area contributed by atoms with Gasteiger partial charge in [0.2, 0.25) is 0 Å². The van der Waals surface area contributed by atoms with E-state index in [9.17, 15) is 0 Å². The number of hydrogen-bond donors (Lipinski definition) is 2. The van der Waals surface area contributed by atoms with Gasteiger partial charge in [0.25, 0.3) is 0 Å². The number of nitrogens with zero attached hydrogens (tertiary/aromatic N) is 1. The molecule has 90 valence electrons. The molecule has 0 saturated heterocycles. The first-order valence-corrected chi connectivity index (χ1v) is 5.72. The Kier molecular flexibility index (Phi) is 3.44. The summed E-state index contributed by atoms with van der Waals surface area (Å²) in [5, 5.41) is 0. The van der Waals surface area contributed by atoms with Gasteiger partial charge in [-0.15, -0.1) is 0 Å². The van der Waals surface area contributed by atoms with Crippen molar-refractivity contribution in [1.29, 1.82) is 0 Å². The summed E-state index contributed by atoms with van der Waals surface area (Å²) in [6.07, 6.45) is 1.67. The summed E-state index contributed by atoms with van der Waals surface area (Å²) in [5.41, 5.74) is 9.69. The van der Waals surface area contributed by atoms with E-state index in [0.29, 0.717) is 13.2 Å². The number of aromatic amines is 1. The maximum Gasteiger partial charge on any atom is 0.122 e. The summed E-state index contributed by atoms with van der Waals surface area (Å²) in [7, 11) is 0. The van der Waals surface area contributed by atoms with Crippen molar-refractivity contribution in [2.45, 2.75) is 20.4 Å². The van der Waals surface area contributed by atoms with E-state index in [1.807, 2.05) is 26.0 Å². The van der Waals surface area contributed by atoms with Gasteiger partial charge in [0.15, 0.2) is 0 Å². The van der Waals surface area contributed by atoms with E-state index in [-0.39, 0.29) is 0 Å². The summed E-state index contributed by atoms with van der Waals surface area (Å²) < 4.78 is 5.51. The summed E-state index contributed by atoms with van der Waals surface area (Å²) in [4.78, 5) is 7.34. The average molecular weight is 231 g/mol. The van der Waals surface area contributed by atoms with Crippen LogP contribution in [0.4, 0.5) is 0 Å². The van der Waals surface area contributed by atoms with Crippen LogP contribution in [0.2, 0.25) is 0 Å². The SMILES string of the molecule is CCOc1ccc(-c2nc[nH]c2CN)cc1C. The molecule has 0 fully saturated rings. The van der Waals surface area contributed by atoms with Gasteiger partial charge >= 0.3 is 0 Å². The monoisotopic (exact) mass is 231 g/mol. The van der Waals surface area contributed by atoms with Crippen LogP contribution < -0.4 is 10.5 Å². The van der Waals surface area contributed by atoms with Crippen molar-refractivity contribution in [3.8, 4) is 17.0 Å². The maximum atomic E-state index is 5.65. The number of rotatable bonds is 4. The van der Waals surface area contributed by atoms with Crippen LogP contribution in [0.1, 0.15) is 18.2 Å². The van der Waals surface area contributed by atoms with E-state index in [0.717, 1.165) is 28.3 Å². The molecule has 2 rings (SSSR count). The zero-order valence-corrected chi connectivity index (χ0v) is 10.2. The molecule has 0 aliphatic rings. The molecule has 1 aromatic heterocycles. The molecule has 4 nitrogen and oxygen atoms in total. The Balaban J connectivity index is 2.37. The number of hydrogen-bond acceptors (Lipinski definition) is 3. The van der Waals surface area contributed by atoms with Gasteiger partial charge in [-0.25, -0.2) is 4.98 Å². The Labute approximate surface area is 101 Å².